The van der Waals surface area contributed by atoms with Gasteiger partial charge in [-0.15, -0.1) is 11.3 Å². The number of likely N-dealkylation sites (N-methyl/N-ethyl adjacent to an activating group) is 1. The van der Waals surface area contributed by atoms with Gasteiger partial charge in [-0.1, -0.05) is 0 Å². The van der Waals surface area contributed by atoms with Crippen LogP contribution in [-0.2, 0) is 16.1 Å². The molecule has 0 aromatic carbocycles. The highest BCUT2D eigenvalue weighted by molar-refractivity contribution is 7.11. The van der Waals surface area contributed by atoms with E-state index in [0.717, 1.165) is 9.88 Å². The molecule has 2 amide bonds. The lowest BCUT2D eigenvalue weighted by Crippen LogP contribution is -2.50. The quantitative estimate of drug-likeness (QED) is 0.849. The summed E-state index contributed by atoms with van der Waals surface area (Å²) >= 11 is 1.52. The molecule has 1 saturated heterocycles. The van der Waals surface area contributed by atoms with Crippen LogP contribution in [0.2, 0.25) is 0 Å². The first kappa shape index (κ1) is 15.7. The minimum Gasteiger partial charge on any atom is -0.481 e. The summed E-state index contributed by atoms with van der Waals surface area (Å²) in [5.74, 6) is -1.60. The summed E-state index contributed by atoms with van der Waals surface area (Å²) < 4.78 is 5.22. The summed E-state index contributed by atoms with van der Waals surface area (Å²) in [7, 11) is 0. The first-order valence-electron chi connectivity index (χ1n) is 6.79. The average molecular weight is 313 g/mol. The van der Waals surface area contributed by atoms with Gasteiger partial charge in [-0.3, -0.25) is 4.79 Å². The van der Waals surface area contributed by atoms with Crippen molar-refractivity contribution in [1.82, 2.24) is 15.2 Å². The lowest BCUT2D eigenvalue weighted by molar-refractivity contribution is -0.142. The molecule has 1 aromatic heterocycles. The van der Waals surface area contributed by atoms with Gasteiger partial charge in [0.2, 0.25) is 0 Å². The molecular weight excluding hydrogens is 294 g/mol. The zero-order valence-corrected chi connectivity index (χ0v) is 12.9. The van der Waals surface area contributed by atoms with Gasteiger partial charge >= 0.3 is 12.0 Å². The van der Waals surface area contributed by atoms with Gasteiger partial charge < -0.3 is 20.1 Å². The van der Waals surface area contributed by atoms with Gasteiger partial charge in [-0.05, 0) is 13.8 Å². The van der Waals surface area contributed by atoms with Crippen LogP contribution < -0.4 is 5.32 Å². The normalized spacial score (nSPS) is 21.2. The summed E-state index contributed by atoms with van der Waals surface area (Å²) in [4.78, 5) is 30.2. The molecule has 116 valence electrons. The van der Waals surface area contributed by atoms with Crippen molar-refractivity contribution in [2.45, 2.75) is 26.4 Å². The number of urea groups is 1. The van der Waals surface area contributed by atoms with Crippen molar-refractivity contribution in [2.75, 3.05) is 19.8 Å². The van der Waals surface area contributed by atoms with Crippen molar-refractivity contribution in [3.8, 4) is 0 Å². The van der Waals surface area contributed by atoms with Crippen molar-refractivity contribution in [3.63, 3.8) is 0 Å². The summed E-state index contributed by atoms with van der Waals surface area (Å²) in [5.41, 5.74) is 0. The predicted octanol–water partition coefficient (Wildman–Crippen LogP) is 1.08. The van der Waals surface area contributed by atoms with Crippen molar-refractivity contribution >= 4 is 23.3 Å². The smallest absolute Gasteiger partial charge is 0.318 e. The SMILES string of the molecule is CCN(C(=O)NCc1ncc(C)s1)C1COCC1C(=O)O. The molecule has 0 radical (unpaired) electrons. The molecule has 1 fully saturated rings. The van der Waals surface area contributed by atoms with E-state index in [9.17, 15) is 14.7 Å². The van der Waals surface area contributed by atoms with Crippen LogP contribution in [0.4, 0.5) is 4.79 Å². The van der Waals surface area contributed by atoms with Crippen LogP contribution in [0, 0.1) is 12.8 Å². The molecule has 1 aromatic rings. The van der Waals surface area contributed by atoms with E-state index >= 15 is 0 Å². The van der Waals surface area contributed by atoms with E-state index < -0.39 is 17.9 Å². The largest absolute Gasteiger partial charge is 0.481 e. The second-order valence-electron chi connectivity index (χ2n) is 4.86. The number of nitrogens with zero attached hydrogens (tertiary/aromatic N) is 2. The number of ether oxygens (including phenoxy) is 1. The maximum Gasteiger partial charge on any atom is 0.318 e. The summed E-state index contributed by atoms with van der Waals surface area (Å²) in [6.07, 6.45) is 1.76. The Bertz CT molecular complexity index is 519. The van der Waals surface area contributed by atoms with Crippen LogP contribution >= 0.6 is 11.3 Å². The number of carbonyl (C=O) groups excluding carboxylic acids is 1. The molecule has 2 heterocycles. The Morgan fingerprint density at radius 3 is 2.90 bits per heavy atom. The van der Waals surface area contributed by atoms with E-state index in [1.54, 1.807) is 6.20 Å². The number of carboxylic acid groups (broad SMARTS) is 1. The van der Waals surface area contributed by atoms with Crippen LogP contribution in [0.25, 0.3) is 0 Å². The molecule has 0 bridgehead atoms. The van der Waals surface area contributed by atoms with Crippen molar-refractivity contribution in [3.05, 3.63) is 16.1 Å². The second kappa shape index (κ2) is 6.86. The van der Waals surface area contributed by atoms with Gasteiger partial charge in [0.15, 0.2) is 0 Å². The van der Waals surface area contributed by atoms with Crippen LogP contribution in [0.1, 0.15) is 16.8 Å². The monoisotopic (exact) mass is 313 g/mol. The van der Waals surface area contributed by atoms with Crippen LogP contribution in [-0.4, -0.2) is 52.8 Å². The molecule has 2 atom stereocenters. The number of rotatable bonds is 5. The van der Waals surface area contributed by atoms with Gasteiger partial charge in [0.1, 0.15) is 10.9 Å². The zero-order chi connectivity index (χ0) is 15.4. The third kappa shape index (κ3) is 3.70. The number of aliphatic carboxylic acids is 1. The van der Waals surface area contributed by atoms with Gasteiger partial charge in [0.05, 0.1) is 25.8 Å². The van der Waals surface area contributed by atoms with E-state index in [0.29, 0.717) is 13.1 Å². The Morgan fingerprint density at radius 2 is 2.33 bits per heavy atom. The molecule has 21 heavy (non-hydrogen) atoms. The molecule has 0 spiro atoms. The number of aromatic nitrogens is 1. The molecule has 2 unspecified atom stereocenters. The molecule has 8 heteroatoms. The van der Waals surface area contributed by atoms with Crippen LogP contribution in [0.5, 0.6) is 0 Å². The Labute approximate surface area is 126 Å². The molecule has 2 rings (SSSR count). The first-order valence-corrected chi connectivity index (χ1v) is 7.61. The van der Waals surface area contributed by atoms with Crippen molar-refractivity contribution in [2.24, 2.45) is 5.92 Å². The Kier molecular flexibility index (Phi) is 5.13. The molecule has 7 nitrogen and oxygen atoms in total. The van der Waals surface area contributed by atoms with Crippen molar-refractivity contribution < 1.29 is 19.4 Å². The fourth-order valence-electron chi connectivity index (χ4n) is 2.35. The van der Waals surface area contributed by atoms with Crippen molar-refractivity contribution in [1.29, 1.82) is 0 Å². The molecule has 1 aliphatic heterocycles. The van der Waals surface area contributed by atoms with Crippen LogP contribution in [0.15, 0.2) is 6.20 Å². The number of carboxylic acids is 1. The highest BCUT2D eigenvalue weighted by Gasteiger charge is 2.39. The molecular formula is C13H19N3O4S. The highest BCUT2D eigenvalue weighted by Crippen LogP contribution is 2.20. The number of thiazole rings is 1. The second-order valence-corrected chi connectivity index (χ2v) is 6.18. The standard InChI is InChI=1S/C13H19N3O4S/c1-3-16(10-7-20-6-9(10)12(17)18)13(19)15-5-11-14-4-8(2)21-11/h4,9-10H,3,5-7H2,1-2H3,(H,15,19)(H,17,18). The van der Waals surface area contributed by atoms with E-state index in [4.69, 9.17) is 4.74 Å². The van der Waals surface area contributed by atoms with Gasteiger partial charge in [-0.2, -0.15) is 0 Å². The van der Waals surface area contributed by atoms with Gasteiger partial charge in [-0.25, -0.2) is 9.78 Å². The number of nitrogens with one attached hydrogen (secondary N) is 1. The summed E-state index contributed by atoms with van der Waals surface area (Å²) in [6, 6.07) is -0.711. The lowest BCUT2D eigenvalue weighted by Gasteiger charge is -2.29. The minimum absolute atomic E-state index is 0.148. The van der Waals surface area contributed by atoms with E-state index in [2.05, 4.69) is 10.3 Å². The third-order valence-electron chi connectivity index (χ3n) is 3.43. The summed E-state index contributed by atoms with van der Waals surface area (Å²) in [5, 5.41) is 12.8. The Balaban J connectivity index is 1.96. The molecule has 0 saturated carbocycles. The fraction of sp³-hybridized carbons (Fsp3) is 0.615. The maximum absolute atomic E-state index is 12.3. The van der Waals surface area contributed by atoms with E-state index in [1.165, 1.54) is 16.2 Å². The van der Waals surface area contributed by atoms with Gasteiger partial charge in [0.25, 0.3) is 0 Å². The Hall–Kier alpha value is -1.67. The van der Waals surface area contributed by atoms with Gasteiger partial charge in [0, 0.05) is 17.6 Å². The topological polar surface area (TPSA) is 91.8 Å². The number of carbonyl (C=O) groups is 2. The zero-order valence-electron chi connectivity index (χ0n) is 12.0. The minimum atomic E-state index is -0.931. The number of amides is 2. The summed E-state index contributed by atoms with van der Waals surface area (Å²) in [6.45, 7) is 4.96. The Morgan fingerprint density at radius 1 is 1.57 bits per heavy atom. The highest BCUT2D eigenvalue weighted by atomic mass is 32.1. The number of hydrogen-bond donors (Lipinski definition) is 2. The fourth-order valence-corrected chi connectivity index (χ4v) is 3.08. The predicted molar refractivity (Wildman–Crippen MR) is 77.2 cm³/mol. The van der Waals surface area contributed by atoms with E-state index in [-0.39, 0.29) is 19.2 Å². The van der Waals surface area contributed by atoms with E-state index in [1.807, 2.05) is 13.8 Å². The molecule has 2 N–H and O–H groups in total. The maximum atomic E-state index is 12.3. The van der Waals surface area contributed by atoms with Crippen LogP contribution in [0.3, 0.4) is 0 Å². The first-order chi connectivity index (χ1) is 10.0. The lowest BCUT2D eigenvalue weighted by atomic mass is 10.0. The number of hydrogen-bond acceptors (Lipinski definition) is 5. The average Bonchev–Trinajstić information content (AvgIpc) is 3.06. The molecule has 0 aliphatic carbocycles. The number of aryl methyl sites for hydroxylation is 1. The third-order valence-corrected chi connectivity index (χ3v) is 4.34. The molecule has 1 aliphatic rings.